The molecule has 2 heterocycles. The molecule has 0 aliphatic carbocycles. The van der Waals surface area contributed by atoms with Crippen molar-refractivity contribution in [1.82, 2.24) is 9.88 Å². The maximum absolute atomic E-state index is 12.4. The minimum absolute atomic E-state index is 0.199. The van der Waals surface area contributed by atoms with E-state index in [1.807, 2.05) is 32.0 Å². The van der Waals surface area contributed by atoms with Crippen molar-refractivity contribution in [1.29, 1.82) is 0 Å². The largest absolute Gasteiger partial charge is 0.383 e. The first-order valence-corrected chi connectivity index (χ1v) is 9.00. The van der Waals surface area contributed by atoms with Gasteiger partial charge in [0.25, 0.3) is 5.91 Å². The summed E-state index contributed by atoms with van der Waals surface area (Å²) in [5.74, 6) is -0.199. The van der Waals surface area contributed by atoms with E-state index in [9.17, 15) is 4.79 Å². The highest BCUT2D eigenvalue weighted by Gasteiger charge is 2.10. The number of hydrogen-bond acceptors (Lipinski definition) is 5. The maximum atomic E-state index is 12.4. The van der Waals surface area contributed by atoms with Gasteiger partial charge < -0.3 is 15.4 Å². The van der Waals surface area contributed by atoms with E-state index in [4.69, 9.17) is 4.74 Å². The highest BCUT2D eigenvalue weighted by molar-refractivity contribution is 6.03. The fourth-order valence-electron chi connectivity index (χ4n) is 3.06. The Balaban J connectivity index is 1.50. The van der Waals surface area contributed by atoms with Gasteiger partial charge in [-0.05, 0) is 49.2 Å². The summed E-state index contributed by atoms with van der Waals surface area (Å²) < 4.78 is 5.35. The quantitative estimate of drug-likeness (QED) is 0.835. The number of anilines is 2. The van der Waals surface area contributed by atoms with Gasteiger partial charge in [0, 0.05) is 31.9 Å². The molecule has 138 valence electrons. The van der Waals surface area contributed by atoms with E-state index in [1.54, 1.807) is 12.3 Å². The van der Waals surface area contributed by atoms with Crippen LogP contribution < -0.4 is 10.6 Å². The Kier molecular flexibility index (Phi) is 6.20. The number of aromatic nitrogens is 1. The predicted molar refractivity (Wildman–Crippen MR) is 104 cm³/mol. The molecule has 0 bridgehead atoms. The normalized spacial score (nSPS) is 14.8. The fraction of sp³-hybridized carbons (Fsp3) is 0.400. The van der Waals surface area contributed by atoms with Gasteiger partial charge in [0.1, 0.15) is 5.69 Å². The summed E-state index contributed by atoms with van der Waals surface area (Å²) in [6, 6.07) is 9.61. The Morgan fingerprint density at radius 3 is 2.50 bits per heavy atom. The van der Waals surface area contributed by atoms with E-state index < -0.39 is 0 Å². The van der Waals surface area contributed by atoms with Crippen LogP contribution in [0.4, 0.5) is 11.4 Å². The van der Waals surface area contributed by atoms with E-state index in [1.165, 1.54) is 0 Å². The fourth-order valence-corrected chi connectivity index (χ4v) is 3.06. The van der Waals surface area contributed by atoms with Gasteiger partial charge in [-0.1, -0.05) is 6.07 Å². The number of morpholine rings is 1. The molecule has 0 saturated carbocycles. The minimum atomic E-state index is -0.199. The molecule has 0 unspecified atom stereocenters. The molecule has 2 aromatic rings. The Bertz CT molecular complexity index is 720. The number of rotatable bonds is 6. The van der Waals surface area contributed by atoms with Gasteiger partial charge in [0.05, 0.1) is 25.1 Å². The molecular weight excluding hydrogens is 328 g/mol. The van der Waals surface area contributed by atoms with Crippen molar-refractivity contribution in [2.45, 2.75) is 13.8 Å². The smallest absolute Gasteiger partial charge is 0.274 e. The summed E-state index contributed by atoms with van der Waals surface area (Å²) in [6.07, 6.45) is 1.70. The van der Waals surface area contributed by atoms with Gasteiger partial charge in [-0.3, -0.25) is 9.69 Å². The van der Waals surface area contributed by atoms with Crippen molar-refractivity contribution >= 4 is 17.3 Å². The van der Waals surface area contributed by atoms with Crippen molar-refractivity contribution in [3.8, 4) is 0 Å². The van der Waals surface area contributed by atoms with E-state index in [2.05, 4.69) is 26.6 Å². The molecule has 1 fully saturated rings. The lowest BCUT2D eigenvalue weighted by molar-refractivity contribution is 0.0398. The Morgan fingerprint density at radius 2 is 1.85 bits per heavy atom. The molecule has 1 aromatic carbocycles. The molecule has 1 amide bonds. The predicted octanol–water partition coefficient (Wildman–Crippen LogP) is 2.69. The molecular formula is C20H26N4O2. The number of carbonyl (C=O) groups excluding carboxylic acids is 1. The molecule has 0 atom stereocenters. The number of benzene rings is 1. The second kappa shape index (κ2) is 8.78. The standard InChI is InChI=1S/C20H26N4O2/c1-15-11-16(2)13-18(12-15)23-20(25)19-4-3-17(14-22-19)21-5-6-24-7-9-26-10-8-24/h3-4,11-14,21H,5-10H2,1-2H3,(H,23,25). The molecule has 1 saturated heterocycles. The molecule has 1 aromatic heterocycles. The first-order valence-electron chi connectivity index (χ1n) is 9.00. The zero-order chi connectivity index (χ0) is 18.4. The van der Waals surface area contributed by atoms with Crippen LogP contribution in [-0.2, 0) is 4.74 Å². The van der Waals surface area contributed by atoms with Crippen molar-refractivity contribution in [2.24, 2.45) is 0 Å². The summed E-state index contributed by atoms with van der Waals surface area (Å²) >= 11 is 0. The third-order valence-corrected chi connectivity index (χ3v) is 4.34. The van der Waals surface area contributed by atoms with Crippen LogP contribution in [0.2, 0.25) is 0 Å². The average Bonchev–Trinajstić information content (AvgIpc) is 2.62. The summed E-state index contributed by atoms with van der Waals surface area (Å²) in [5.41, 5.74) is 4.35. The number of aryl methyl sites for hydroxylation is 2. The first-order chi connectivity index (χ1) is 12.6. The summed E-state index contributed by atoms with van der Waals surface area (Å²) in [7, 11) is 0. The van der Waals surface area contributed by atoms with E-state index in [-0.39, 0.29) is 5.91 Å². The zero-order valence-electron chi connectivity index (χ0n) is 15.4. The van der Waals surface area contributed by atoms with Gasteiger partial charge in [0.15, 0.2) is 0 Å². The number of pyridine rings is 1. The van der Waals surface area contributed by atoms with Gasteiger partial charge >= 0.3 is 0 Å². The highest BCUT2D eigenvalue weighted by atomic mass is 16.5. The molecule has 1 aliphatic rings. The number of ether oxygens (including phenoxy) is 1. The van der Waals surface area contributed by atoms with Crippen LogP contribution in [0.25, 0.3) is 0 Å². The van der Waals surface area contributed by atoms with Crippen molar-refractivity contribution in [3.63, 3.8) is 0 Å². The molecule has 3 rings (SSSR count). The number of amides is 1. The van der Waals surface area contributed by atoms with Gasteiger partial charge in [-0.25, -0.2) is 4.98 Å². The van der Waals surface area contributed by atoms with Crippen molar-refractivity contribution in [3.05, 3.63) is 53.3 Å². The Morgan fingerprint density at radius 1 is 1.12 bits per heavy atom. The SMILES string of the molecule is Cc1cc(C)cc(NC(=O)c2ccc(NCCN3CCOCC3)cn2)c1. The van der Waals surface area contributed by atoms with Gasteiger partial charge in [-0.15, -0.1) is 0 Å². The maximum Gasteiger partial charge on any atom is 0.274 e. The molecule has 6 nitrogen and oxygen atoms in total. The van der Waals surface area contributed by atoms with Crippen molar-refractivity contribution < 1.29 is 9.53 Å². The Hall–Kier alpha value is -2.44. The molecule has 6 heteroatoms. The van der Waals surface area contributed by atoms with Crippen molar-refractivity contribution in [2.75, 3.05) is 50.0 Å². The monoisotopic (exact) mass is 354 g/mol. The molecule has 2 N–H and O–H groups in total. The lowest BCUT2D eigenvalue weighted by atomic mass is 10.1. The van der Waals surface area contributed by atoms with Crippen LogP contribution in [0.3, 0.4) is 0 Å². The van der Waals surface area contributed by atoms with E-state index >= 15 is 0 Å². The molecule has 26 heavy (non-hydrogen) atoms. The zero-order valence-corrected chi connectivity index (χ0v) is 15.4. The number of nitrogens with zero attached hydrogens (tertiary/aromatic N) is 2. The number of carbonyl (C=O) groups is 1. The van der Waals surface area contributed by atoms with Crippen LogP contribution in [0.15, 0.2) is 36.5 Å². The van der Waals surface area contributed by atoms with Crippen LogP contribution in [0, 0.1) is 13.8 Å². The summed E-state index contributed by atoms with van der Waals surface area (Å²) in [6.45, 7) is 9.43. The van der Waals surface area contributed by atoms with Gasteiger partial charge in [-0.2, -0.15) is 0 Å². The first kappa shape index (κ1) is 18.4. The van der Waals surface area contributed by atoms with Crippen LogP contribution >= 0.6 is 0 Å². The van der Waals surface area contributed by atoms with Crippen LogP contribution in [0.5, 0.6) is 0 Å². The van der Waals surface area contributed by atoms with Gasteiger partial charge in [0.2, 0.25) is 0 Å². The third kappa shape index (κ3) is 5.28. The molecule has 0 radical (unpaired) electrons. The topological polar surface area (TPSA) is 66.5 Å². The molecule has 0 spiro atoms. The number of hydrogen-bond donors (Lipinski definition) is 2. The average molecular weight is 354 g/mol. The lowest BCUT2D eigenvalue weighted by Gasteiger charge is -2.26. The second-order valence-corrected chi connectivity index (χ2v) is 6.64. The number of nitrogens with one attached hydrogen (secondary N) is 2. The van der Waals surface area contributed by atoms with Crippen LogP contribution in [-0.4, -0.2) is 55.2 Å². The molecule has 1 aliphatic heterocycles. The third-order valence-electron chi connectivity index (χ3n) is 4.34. The summed E-state index contributed by atoms with van der Waals surface area (Å²) in [5, 5.41) is 6.25. The van der Waals surface area contributed by atoms with E-state index in [0.29, 0.717) is 5.69 Å². The van der Waals surface area contributed by atoms with E-state index in [0.717, 1.165) is 61.9 Å². The van der Waals surface area contributed by atoms with Crippen LogP contribution in [0.1, 0.15) is 21.6 Å². The highest BCUT2D eigenvalue weighted by Crippen LogP contribution is 2.15. The minimum Gasteiger partial charge on any atom is -0.383 e. The Labute approximate surface area is 154 Å². The second-order valence-electron chi connectivity index (χ2n) is 6.64. The summed E-state index contributed by atoms with van der Waals surface area (Å²) in [4.78, 5) is 19.0. The lowest BCUT2D eigenvalue weighted by Crippen LogP contribution is -2.39.